The van der Waals surface area contributed by atoms with Gasteiger partial charge in [0, 0.05) is 48.4 Å². The van der Waals surface area contributed by atoms with Gasteiger partial charge in [-0.05, 0) is 60.2 Å². The third-order valence-electron chi connectivity index (χ3n) is 7.68. The number of nitrogens with one attached hydrogen (secondary N) is 2. The molecule has 1 aliphatic rings. The van der Waals surface area contributed by atoms with Crippen LogP contribution in [0.4, 0.5) is 15.9 Å². The summed E-state index contributed by atoms with van der Waals surface area (Å²) in [6.07, 6.45) is 6.99. The van der Waals surface area contributed by atoms with Crippen molar-refractivity contribution in [1.29, 1.82) is 0 Å². The van der Waals surface area contributed by atoms with Gasteiger partial charge in [-0.1, -0.05) is 29.8 Å². The molecular weight excluding hydrogens is 645 g/mol. The van der Waals surface area contributed by atoms with Crippen molar-refractivity contribution in [2.24, 2.45) is 0 Å². The first-order valence-corrected chi connectivity index (χ1v) is 16.7. The number of benzene rings is 3. The van der Waals surface area contributed by atoms with E-state index in [1.165, 1.54) is 30.7 Å². The summed E-state index contributed by atoms with van der Waals surface area (Å²) in [5.74, 6) is 1.09. The SMILES string of the molecule is COc1cc2ncnc(Nc3ccc(OCc4cccc(F)c4)c(Cl)c3)c2cc1C1(CNCCS(=O)(=O)c2ccccn2)CC=CO1. The largest absolute Gasteiger partial charge is 0.496 e. The Kier molecular flexibility index (Phi) is 9.53. The highest BCUT2D eigenvalue weighted by molar-refractivity contribution is 7.91. The maximum Gasteiger partial charge on any atom is 0.196 e. The summed E-state index contributed by atoms with van der Waals surface area (Å²) in [6, 6.07) is 20.0. The molecule has 1 unspecified atom stereocenters. The Hall–Kier alpha value is -4.78. The van der Waals surface area contributed by atoms with Gasteiger partial charge in [0.25, 0.3) is 0 Å². The quantitative estimate of drug-likeness (QED) is 0.137. The zero-order valence-electron chi connectivity index (χ0n) is 25.3. The number of hydrogen-bond donors (Lipinski definition) is 2. The van der Waals surface area contributed by atoms with Crippen LogP contribution in [0.3, 0.4) is 0 Å². The van der Waals surface area contributed by atoms with Crippen LogP contribution < -0.4 is 20.1 Å². The zero-order chi connectivity index (χ0) is 32.9. The average Bonchev–Trinajstić information content (AvgIpc) is 3.56. The van der Waals surface area contributed by atoms with Crippen molar-refractivity contribution in [2.45, 2.75) is 23.7 Å². The lowest BCUT2D eigenvalue weighted by atomic mass is 9.89. The molecule has 1 aliphatic heterocycles. The van der Waals surface area contributed by atoms with Gasteiger partial charge in [-0.15, -0.1) is 0 Å². The van der Waals surface area contributed by atoms with E-state index in [1.807, 2.05) is 18.2 Å². The van der Waals surface area contributed by atoms with E-state index in [0.717, 1.165) is 5.56 Å². The molecule has 0 radical (unpaired) electrons. The number of ether oxygens (including phenoxy) is 3. The number of fused-ring (bicyclic) bond motifs is 1. The van der Waals surface area contributed by atoms with Crippen LogP contribution in [0.5, 0.6) is 11.5 Å². The molecule has 0 spiro atoms. The summed E-state index contributed by atoms with van der Waals surface area (Å²) in [5.41, 5.74) is 1.86. The third-order valence-corrected chi connectivity index (χ3v) is 9.59. The van der Waals surface area contributed by atoms with E-state index in [4.69, 9.17) is 25.8 Å². The van der Waals surface area contributed by atoms with E-state index < -0.39 is 15.4 Å². The molecule has 5 aromatic rings. The summed E-state index contributed by atoms with van der Waals surface area (Å²) < 4.78 is 56.8. The molecule has 1 atom stereocenters. The smallest absolute Gasteiger partial charge is 0.196 e. The van der Waals surface area contributed by atoms with Crippen LogP contribution >= 0.6 is 11.6 Å². The molecule has 6 rings (SSSR count). The normalized spacial score (nSPS) is 15.8. The van der Waals surface area contributed by atoms with Crippen LogP contribution in [0, 0.1) is 5.82 Å². The Morgan fingerprint density at radius 1 is 1.02 bits per heavy atom. The lowest BCUT2D eigenvalue weighted by Gasteiger charge is -2.31. The van der Waals surface area contributed by atoms with E-state index in [0.29, 0.717) is 57.5 Å². The van der Waals surface area contributed by atoms with Crippen LogP contribution in [0.25, 0.3) is 10.9 Å². The van der Waals surface area contributed by atoms with E-state index in [2.05, 4.69) is 25.6 Å². The monoisotopic (exact) mass is 675 g/mol. The molecule has 3 heterocycles. The predicted molar refractivity (Wildman–Crippen MR) is 177 cm³/mol. The summed E-state index contributed by atoms with van der Waals surface area (Å²) in [4.78, 5) is 12.9. The van der Waals surface area contributed by atoms with Crippen LogP contribution in [0.2, 0.25) is 5.02 Å². The fourth-order valence-electron chi connectivity index (χ4n) is 5.31. The summed E-state index contributed by atoms with van der Waals surface area (Å²) in [5, 5.41) is 7.70. The van der Waals surface area contributed by atoms with E-state index in [-0.39, 0.29) is 29.7 Å². The standard InChI is InChI=1S/C34H31ClFN5O5S/c1-44-31-19-29-26(18-27(31)34(11-5-14-46-34)21-37-13-15-47(42,43)32-8-2-3-12-38-32)33(40-22-39-29)41-25-9-10-30(28(35)17-25)45-20-23-6-4-7-24(36)16-23/h2-10,12,14,16-19,22,37H,11,13,15,20-21H2,1H3,(H,39,40,41). The Bertz CT molecular complexity index is 2020. The van der Waals surface area contributed by atoms with Crippen molar-refractivity contribution in [2.75, 3.05) is 31.3 Å². The van der Waals surface area contributed by atoms with Gasteiger partial charge in [-0.2, -0.15) is 0 Å². The van der Waals surface area contributed by atoms with Gasteiger partial charge < -0.3 is 24.8 Å². The second-order valence-corrected chi connectivity index (χ2v) is 13.3. The molecule has 0 amide bonds. The van der Waals surface area contributed by atoms with Crippen molar-refractivity contribution in [3.8, 4) is 11.5 Å². The van der Waals surface area contributed by atoms with Crippen molar-refractivity contribution >= 4 is 43.8 Å². The minimum absolute atomic E-state index is 0.0406. The number of halogens is 2. The van der Waals surface area contributed by atoms with Gasteiger partial charge in [-0.3, -0.25) is 0 Å². The molecule has 242 valence electrons. The second kappa shape index (κ2) is 13.9. The van der Waals surface area contributed by atoms with Crippen molar-refractivity contribution < 1.29 is 27.0 Å². The first-order valence-electron chi connectivity index (χ1n) is 14.7. The topological polar surface area (TPSA) is 125 Å². The molecule has 2 N–H and O–H groups in total. The number of sulfone groups is 1. The molecule has 10 nitrogen and oxygen atoms in total. The first-order chi connectivity index (χ1) is 22.8. The summed E-state index contributed by atoms with van der Waals surface area (Å²) in [7, 11) is -1.97. The highest BCUT2D eigenvalue weighted by atomic mass is 35.5. The molecule has 0 aliphatic carbocycles. The summed E-state index contributed by atoms with van der Waals surface area (Å²) >= 11 is 6.54. The highest BCUT2D eigenvalue weighted by Crippen LogP contribution is 2.42. The maximum atomic E-state index is 13.5. The maximum absolute atomic E-state index is 13.5. The molecule has 0 saturated heterocycles. The van der Waals surface area contributed by atoms with Crippen LogP contribution in [-0.2, 0) is 26.8 Å². The Balaban J connectivity index is 1.22. The van der Waals surface area contributed by atoms with Gasteiger partial charge >= 0.3 is 0 Å². The Morgan fingerprint density at radius 2 is 1.91 bits per heavy atom. The minimum atomic E-state index is -3.55. The number of nitrogens with zero attached hydrogens (tertiary/aromatic N) is 3. The fourth-order valence-corrected chi connectivity index (χ4v) is 6.67. The second-order valence-electron chi connectivity index (χ2n) is 10.8. The van der Waals surface area contributed by atoms with Gasteiger partial charge in [0.2, 0.25) is 0 Å². The molecular formula is C34H31ClFN5O5S. The fraction of sp³-hybridized carbons (Fsp3) is 0.206. The molecule has 13 heteroatoms. The minimum Gasteiger partial charge on any atom is -0.496 e. The molecule has 0 saturated carbocycles. The molecule has 0 bridgehead atoms. The lowest BCUT2D eigenvalue weighted by molar-refractivity contribution is 0.0396. The average molecular weight is 676 g/mol. The summed E-state index contributed by atoms with van der Waals surface area (Å²) in [6.45, 7) is 0.667. The van der Waals surface area contributed by atoms with Gasteiger partial charge in [0.1, 0.15) is 36.1 Å². The Labute approximate surface area is 276 Å². The third kappa shape index (κ3) is 7.30. The number of aromatic nitrogens is 3. The van der Waals surface area contributed by atoms with Crippen LogP contribution in [0.15, 0.2) is 103 Å². The number of hydrogen-bond acceptors (Lipinski definition) is 10. The molecule has 47 heavy (non-hydrogen) atoms. The van der Waals surface area contributed by atoms with Gasteiger partial charge in [0.15, 0.2) is 20.5 Å². The van der Waals surface area contributed by atoms with Crippen molar-refractivity contribution in [1.82, 2.24) is 20.3 Å². The highest BCUT2D eigenvalue weighted by Gasteiger charge is 2.38. The van der Waals surface area contributed by atoms with Crippen molar-refractivity contribution in [3.63, 3.8) is 0 Å². The molecule has 3 aromatic carbocycles. The molecule has 2 aromatic heterocycles. The van der Waals surface area contributed by atoms with E-state index in [1.54, 1.807) is 55.8 Å². The van der Waals surface area contributed by atoms with Crippen molar-refractivity contribution in [3.05, 3.63) is 120 Å². The number of rotatable bonds is 13. The number of methoxy groups -OCH3 is 1. The predicted octanol–water partition coefficient (Wildman–Crippen LogP) is 6.34. The number of anilines is 2. The zero-order valence-corrected chi connectivity index (χ0v) is 26.9. The first kappa shape index (κ1) is 32.2. The molecule has 0 fully saturated rings. The Morgan fingerprint density at radius 3 is 2.66 bits per heavy atom. The van der Waals surface area contributed by atoms with Gasteiger partial charge in [-0.25, -0.2) is 27.8 Å². The van der Waals surface area contributed by atoms with Crippen LogP contribution in [0.1, 0.15) is 17.5 Å². The van der Waals surface area contributed by atoms with Gasteiger partial charge in [0.05, 0.1) is 29.7 Å². The number of pyridine rings is 1. The van der Waals surface area contributed by atoms with E-state index in [9.17, 15) is 12.8 Å². The van der Waals surface area contributed by atoms with Crippen LogP contribution in [-0.4, -0.2) is 49.3 Å². The lowest BCUT2D eigenvalue weighted by Crippen LogP contribution is -2.39. The van der Waals surface area contributed by atoms with E-state index >= 15 is 0 Å².